The van der Waals surface area contributed by atoms with Gasteiger partial charge in [0.2, 0.25) is 0 Å². The van der Waals surface area contributed by atoms with Crippen molar-refractivity contribution in [3.63, 3.8) is 0 Å². The van der Waals surface area contributed by atoms with Crippen LogP contribution in [0.2, 0.25) is 0 Å². The van der Waals surface area contributed by atoms with Crippen molar-refractivity contribution in [2.75, 3.05) is 0 Å². The molecule has 114 valence electrons. The molecular weight excluding hydrogens is 420 g/mol. The number of benzene rings is 2. The zero-order valence-electron chi connectivity index (χ0n) is 10.4. The molecule has 0 atom stereocenters. The van der Waals surface area contributed by atoms with Gasteiger partial charge in [0, 0.05) is 3.57 Å². The number of hydrogen-bond acceptors (Lipinski definition) is 2. The normalized spacial score (nSPS) is 11.5. The average Bonchev–Trinajstić information content (AvgIpc) is 2.39. The Bertz CT molecular complexity index is 685. The van der Waals surface area contributed by atoms with Crippen LogP contribution in [0.1, 0.15) is 0 Å². The maximum atomic E-state index is 10.7. The van der Waals surface area contributed by atoms with E-state index in [1.54, 1.807) is 0 Å². The summed E-state index contributed by atoms with van der Waals surface area (Å²) in [6, 6.07) is 18.9. The van der Waals surface area contributed by atoms with E-state index in [0.29, 0.717) is 0 Å². The fraction of sp³-hybridized carbons (Fsp3) is 0.0769. The van der Waals surface area contributed by atoms with Gasteiger partial charge in [0.25, 0.3) is 0 Å². The second kappa shape index (κ2) is 7.23. The van der Waals surface area contributed by atoms with Crippen LogP contribution in [0.3, 0.4) is 0 Å². The third-order valence-electron chi connectivity index (χ3n) is 2.25. The molecule has 2 aromatic carbocycles. The fourth-order valence-corrected chi connectivity index (χ4v) is 2.01. The van der Waals surface area contributed by atoms with Gasteiger partial charge in [0.1, 0.15) is 0 Å². The highest BCUT2D eigenvalue weighted by molar-refractivity contribution is 14.1. The highest BCUT2D eigenvalue weighted by Gasteiger charge is 2.44. The monoisotopic (exact) mass is 430 g/mol. The van der Waals surface area contributed by atoms with Gasteiger partial charge in [0.15, 0.2) is 0 Å². The number of hydrogen-bond donors (Lipinski definition) is 1. The second-order valence-corrected chi connectivity index (χ2v) is 6.34. The molecule has 0 saturated heterocycles. The lowest BCUT2D eigenvalue weighted by Gasteiger charge is -2.02. The van der Waals surface area contributed by atoms with Crippen LogP contribution in [-0.4, -0.2) is 18.5 Å². The zero-order chi connectivity index (χ0) is 16.1. The highest BCUT2D eigenvalue weighted by atomic mass is 127. The highest BCUT2D eigenvalue weighted by Crippen LogP contribution is 2.24. The molecule has 0 aliphatic carbocycles. The van der Waals surface area contributed by atoms with Gasteiger partial charge in [-0.05, 0) is 39.8 Å². The molecule has 0 saturated carbocycles. The molecule has 0 fully saturated rings. The van der Waals surface area contributed by atoms with Crippen LogP contribution < -0.4 is 0 Å². The lowest BCUT2D eigenvalue weighted by atomic mass is 10.1. The second-order valence-electron chi connectivity index (χ2n) is 3.77. The van der Waals surface area contributed by atoms with Crippen molar-refractivity contribution in [1.82, 2.24) is 0 Å². The molecule has 3 nitrogen and oxygen atoms in total. The lowest BCUT2D eigenvalue weighted by Crippen LogP contribution is -2.21. The van der Waals surface area contributed by atoms with Crippen LogP contribution in [0.4, 0.5) is 13.2 Å². The Morgan fingerprint density at radius 1 is 0.905 bits per heavy atom. The van der Waals surface area contributed by atoms with Crippen molar-refractivity contribution >= 4 is 32.7 Å². The first-order valence-corrected chi connectivity index (χ1v) is 7.98. The van der Waals surface area contributed by atoms with Crippen molar-refractivity contribution in [2.45, 2.75) is 5.51 Å². The van der Waals surface area contributed by atoms with Crippen LogP contribution >= 0.6 is 22.6 Å². The standard InChI is InChI=1S/C12H9I.CHF3O3S/c13-12-9-5-4-8-11(12)10-6-2-1-3-7-10;2-1(3,4)8(5,6)7/h1-9H;(H,5,6,7). The van der Waals surface area contributed by atoms with Crippen molar-refractivity contribution in [3.05, 3.63) is 58.2 Å². The van der Waals surface area contributed by atoms with Crippen LogP contribution in [0.25, 0.3) is 11.1 Å². The maximum absolute atomic E-state index is 10.7. The van der Waals surface area contributed by atoms with Crippen molar-refractivity contribution in [1.29, 1.82) is 0 Å². The van der Waals surface area contributed by atoms with Crippen molar-refractivity contribution < 1.29 is 26.1 Å². The Balaban J connectivity index is 0.000000240. The van der Waals surface area contributed by atoms with Crippen LogP contribution in [0, 0.1) is 3.57 Å². The molecular formula is C13H10F3IO3S. The molecule has 0 spiro atoms. The van der Waals surface area contributed by atoms with Crippen molar-refractivity contribution in [2.24, 2.45) is 0 Å². The molecule has 0 radical (unpaired) electrons. The predicted octanol–water partition coefficient (Wildman–Crippen LogP) is 4.35. The lowest BCUT2D eigenvalue weighted by molar-refractivity contribution is -0.0510. The van der Waals surface area contributed by atoms with E-state index in [1.807, 2.05) is 6.07 Å². The molecule has 0 amide bonds. The summed E-state index contributed by atoms with van der Waals surface area (Å²) in [5.41, 5.74) is -2.94. The summed E-state index contributed by atoms with van der Waals surface area (Å²) in [5, 5.41) is 0. The van der Waals surface area contributed by atoms with Crippen LogP contribution in [0.5, 0.6) is 0 Å². The van der Waals surface area contributed by atoms with Gasteiger partial charge in [-0.2, -0.15) is 21.6 Å². The Labute approximate surface area is 133 Å². The van der Waals surface area contributed by atoms with E-state index in [9.17, 15) is 13.2 Å². The molecule has 8 heteroatoms. The Morgan fingerprint density at radius 3 is 1.76 bits per heavy atom. The topological polar surface area (TPSA) is 54.4 Å². The Hall–Kier alpha value is -1.13. The molecule has 2 aromatic rings. The summed E-state index contributed by atoms with van der Waals surface area (Å²) in [7, 11) is -5.84. The number of rotatable bonds is 1. The quantitative estimate of drug-likeness (QED) is 0.416. The summed E-state index contributed by atoms with van der Waals surface area (Å²) in [6.07, 6.45) is 0. The smallest absolute Gasteiger partial charge is 0.279 e. The third kappa shape index (κ3) is 5.64. The minimum atomic E-state index is -5.84. The first-order valence-electron chi connectivity index (χ1n) is 5.46. The molecule has 0 unspecified atom stereocenters. The molecule has 2 rings (SSSR count). The molecule has 1 N–H and O–H groups in total. The minimum Gasteiger partial charge on any atom is -0.279 e. The molecule has 0 aliphatic rings. The van der Waals surface area contributed by atoms with E-state index in [-0.39, 0.29) is 0 Å². The largest absolute Gasteiger partial charge is 0.522 e. The molecule has 0 heterocycles. The van der Waals surface area contributed by atoms with Gasteiger partial charge in [-0.3, -0.25) is 4.55 Å². The Kier molecular flexibility index (Phi) is 6.17. The van der Waals surface area contributed by atoms with Gasteiger partial charge in [-0.25, -0.2) is 0 Å². The summed E-state index contributed by atoms with van der Waals surface area (Å²) in [5.74, 6) is 0. The molecule has 0 aromatic heterocycles. The van der Waals surface area contributed by atoms with E-state index in [2.05, 4.69) is 71.1 Å². The van der Waals surface area contributed by atoms with E-state index < -0.39 is 15.6 Å². The number of alkyl halides is 3. The fourth-order valence-electron chi connectivity index (χ4n) is 1.31. The molecule has 0 aliphatic heterocycles. The first-order chi connectivity index (χ1) is 9.63. The van der Waals surface area contributed by atoms with E-state index in [0.717, 1.165) is 0 Å². The van der Waals surface area contributed by atoms with Gasteiger partial charge < -0.3 is 0 Å². The predicted molar refractivity (Wildman–Crippen MR) is 82.2 cm³/mol. The van der Waals surface area contributed by atoms with E-state index in [1.165, 1.54) is 14.7 Å². The zero-order valence-corrected chi connectivity index (χ0v) is 13.4. The first kappa shape index (κ1) is 17.9. The third-order valence-corrected chi connectivity index (χ3v) is 3.78. The summed E-state index contributed by atoms with van der Waals surface area (Å²) < 4.78 is 58.8. The SMILES string of the molecule is Ic1ccccc1-c1ccccc1.O=S(=O)(O)C(F)(F)F. The summed E-state index contributed by atoms with van der Waals surface area (Å²) >= 11 is 2.36. The average molecular weight is 430 g/mol. The number of halogens is 4. The van der Waals surface area contributed by atoms with Crippen LogP contribution in [-0.2, 0) is 10.1 Å². The maximum Gasteiger partial charge on any atom is 0.522 e. The molecule has 21 heavy (non-hydrogen) atoms. The van der Waals surface area contributed by atoms with Crippen LogP contribution in [0.15, 0.2) is 54.6 Å². The Morgan fingerprint density at radius 2 is 1.33 bits per heavy atom. The van der Waals surface area contributed by atoms with Crippen molar-refractivity contribution in [3.8, 4) is 11.1 Å². The van der Waals surface area contributed by atoms with Gasteiger partial charge in [-0.15, -0.1) is 0 Å². The van der Waals surface area contributed by atoms with Gasteiger partial charge >= 0.3 is 15.6 Å². The van der Waals surface area contributed by atoms with Gasteiger partial charge in [0.05, 0.1) is 0 Å². The van der Waals surface area contributed by atoms with E-state index in [4.69, 9.17) is 13.0 Å². The van der Waals surface area contributed by atoms with Gasteiger partial charge in [-0.1, -0.05) is 48.5 Å². The minimum absolute atomic E-state index is 1.28. The molecule has 0 bridgehead atoms. The summed E-state index contributed by atoms with van der Waals surface area (Å²) in [6.45, 7) is 0. The summed E-state index contributed by atoms with van der Waals surface area (Å²) in [4.78, 5) is 0. The van der Waals surface area contributed by atoms with E-state index >= 15 is 0 Å².